The number of halogens is 2. The number of hydrogen-bond acceptors (Lipinski definition) is 2. The Bertz CT molecular complexity index is 599. The Kier molecular flexibility index (Phi) is 3.62. The predicted molar refractivity (Wildman–Crippen MR) is 67.9 cm³/mol. The van der Waals surface area contributed by atoms with E-state index in [1.807, 2.05) is 0 Å². The predicted octanol–water partition coefficient (Wildman–Crippen LogP) is 3.40. The topological polar surface area (TPSA) is 49.9 Å². The Morgan fingerprint density at radius 3 is 2.44 bits per heavy atom. The zero-order chi connectivity index (χ0) is 13.1. The Balaban J connectivity index is 2.37. The third-order valence-corrected chi connectivity index (χ3v) is 3.32. The fourth-order valence-corrected chi connectivity index (χ4v) is 2.45. The van der Waals surface area contributed by atoms with Gasteiger partial charge in [0.25, 0.3) is 0 Å². The van der Waals surface area contributed by atoms with Gasteiger partial charge < -0.3 is 5.73 Å². The first-order valence-corrected chi connectivity index (χ1v) is 5.95. The standard InChI is InChI=1S/C13H10F2N2S/c14-8-2-1-3-10(6-8)18-12-5-4-9(15)7-11(12)13(16)17/h1-7H,(H3,16,17). The van der Waals surface area contributed by atoms with Gasteiger partial charge in [-0.15, -0.1) is 0 Å². The van der Waals surface area contributed by atoms with Crippen LogP contribution in [0.5, 0.6) is 0 Å². The summed E-state index contributed by atoms with van der Waals surface area (Å²) in [6.45, 7) is 0. The van der Waals surface area contributed by atoms with Crippen LogP contribution in [0.1, 0.15) is 5.56 Å². The van der Waals surface area contributed by atoms with E-state index in [4.69, 9.17) is 11.1 Å². The minimum atomic E-state index is -0.455. The summed E-state index contributed by atoms with van der Waals surface area (Å²) in [4.78, 5) is 1.29. The van der Waals surface area contributed by atoms with Crippen LogP contribution in [0.2, 0.25) is 0 Å². The largest absolute Gasteiger partial charge is 0.384 e. The second-order valence-electron chi connectivity index (χ2n) is 3.61. The molecule has 0 heterocycles. The molecule has 0 aliphatic carbocycles. The maximum absolute atomic E-state index is 13.1. The minimum absolute atomic E-state index is 0.214. The summed E-state index contributed by atoms with van der Waals surface area (Å²) in [5, 5.41) is 7.40. The molecule has 0 spiro atoms. The molecule has 0 saturated heterocycles. The van der Waals surface area contributed by atoms with Crippen molar-refractivity contribution in [3.05, 3.63) is 59.7 Å². The zero-order valence-corrected chi connectivity index (χ0v) is 10.1. The third kappa shape index (κ3) is 2.87. The smallest absolute Gasteiger partial charge is 0.124 e. The fourth-order valence-electron chi connectivity index (χ4n) is 1.46. The van der Waals surface area contributed by atoms with Crippen molar-refractivity contribution in [2.45, 2.75) is 9.79 Å². The quantitative estimate of drug-likeness (QED) is 0.659. The molecule has 2 aromatic rings. The van der Waals surface area contributed by atoms with Crippen molar-refractivity contribution in [1.82, 2.24) is 0 Å². The Morgan fingerprint density at radius 2 is 1.78 bits per heavy atom. The summed E-state index contributed by atoms with van der Waals surface area (Å²) < 4.78 is 26.1. The molecule has 0 saturated carbocycles. The van der Waals surface area contributed by atoms with E-state index < -0.39 is 5.82 Å². The van der Waals surface area contributed by atoms with Crippen molar-refractivity contribution >= 4 is 17.6 Å². The first-order chi connectivity index (χ1) is 8.56. The molecule has 2 aromatic carbocycles. The highest BCUT2D eigenvalue weighted by atomic mass is 32.2. The average molecular weight is 264 g/mol. The van der Waals surface area contributed by atoms with Crippen LogP contribution in [0.3, 0.4) is 0 Å². The lowest BCUT2D eigenvalue weighted by Gasteiger charge is -2.08. The molecule has 0 amide bonds. The van der Waals surface area contributed by atoms with E-state index >= 15 is 0 Å². The molecule has 2 nitrogen and oxygen atoms in total. The zero-order valence-electron chi connectivity index (χ0n) is 9.28. The van der Waals surface area contributed by atoms with Gasteiger partial charge in [0.1, 0.15) is 17.5 Å². The number of nitrogens with one attached hydrogen (secondary N) is 1. The van der Waals surface area contributed by atoms with Gasteiger partial charge in [-0.3, -0.25) is 5.41 Å². The Hall–Kier alpha value is -1.88. The van der Waals surface area contributed by atoms with E-state index in [0.29, 0.717) is 15.4 Å². The van der Waals surface area contributed by atoms with Gasteiger partial charge in [-0.05, 0) is 36.4 Å². The summed E-state index contributed by atoms with van der Waals surface area (Å²) >= 11 is 1.24. The van der Waals surface area contributed by atoms with Gasteiger partial charge >= 0.3 is 0 Å². The fraction of sp³-hybridized carbons (Fsp3) is 0. The molecule has 0 aromatic heterocycles. The van der Waals surface area contributed by atoms with Crippen molar-refractivity contribution in [3.63, 3.8) is 0 Å². The molecular weight excluding hydrogens is 254 g/mol. The van der Waals surface area contributed by atoms with Crippen molar-refractivity contribution in [2.75, 3.05) is 0 Å². The Labute approximate surface area is 107 Å². The summed E-state index contributed by atoms with van der Waals surface area (Å²) in [5.74, 6) is -1.01. The van der Waals surface area contributed by atoms with Gasteiger partial charge in [-0.2, -0.15) is 0 Å². The molecule has 0 atom stereocenters. The van der Waals surface area contributed by atoms with Crippen LogP contribution >= 0.6 is 11.8 Å². The van der Waals surface area contributed by atoms with Gasteiger partial charge in [0.05, 0.1) is 0 Å². The summed E-state index contributed by atoms with van der Waals surface area (Å²) in [6.07, 6.45) is 0. The number of nitrogens with two attached hydrogens (primary N) is 1. The van der Waals surface area contributed by atoms with Crippen LogP contribution in [-0.4, -0.2) is 5.84 Å². The monoisotopic (exact) mass is 264 g/mol. The highest BCUT2D eigenvalue weighted by molar-refractivity contribution is 7.99. The van der Waals surface area contributed by atoms with E-state index in [2.05, 4.69) is 0 Å². The van der Waals surface area contributed by atoms with E-state index in [-0.39, 0.29) is 11.7 Å². The van der Waals surface area contributed by atoms with Gasteiger partial charge in [0, 0.05) is 15.4 Å². The Morgan fingerprint density at radius 1 is 1.06 bits per heavy atom. The van der Waals surface area contributed by atoms with Crippen molar-refractivity contribution in [3.8, 4) is 0 Å². The number of rotatable bonds is 3. The third-order valence-electron chi connectivity index (χ3n) is 2.26. The van der Waals surface area contributed by atoms with Crippen LogP contribution < -0.4 is 5.73 Å². The van der Waals surface area contributed by atoms with Crippen LogP contribution in [0, 0.1) is 17.0 Å². The van der Waals surface area contributed by atoms with Gasteiger partial charge in [-0.1, -0.05) is 17.8 Å². The lowest BCUT2D eigenvalue weighted by molar-refractivity contribution is 0.624. The first-order valence-electron chi connectivity index (χ1n) is 5.13. The maximum Gasteiger partial charge on any atom is 0.124 e. The molecule has 2 rings (SSSR count). The van der Waals surface area contributed by atoms with Crippen molar-refractivity contribution < 1.29 is 8.78 Å². The number of amidine groups is 1. The van der Waals surface area contributed by atoms with Crippen LogP contribution in [-0.2, 0) is 0 Å². The molecule has 0 fully saturated rings. The normalized spacial score (nSPS) is 10.3. The highest BCUT2D eigenvalue weighted by Gasteiger charge is 2.09. The number of nitrogen functional groups attached to an aromatic ring is 1. The van der Waals surface area contributed by atoms with Gasteiger partial charge in [0.2, 0.25) is 0 Å². The number of benzene rings is 2. The molecule has 92 valence electrons. The summed E-state index contributed by atoms with van der Waals surface area (Å²) in [5.41, 5.74) is 5.71. The lowest BCUT2D eigenvalue weighted by Crippen LogP contribution is -2.12. The van der Waals surface area contributed by atoms with E-state index in [0.717, 1.165) is 0 Å². The van der Waals surface area contributed by atoms with E-state index in [1.165, 1.54) is 42.1 Å². The summed E-state index contributed by atoms with van der Waals surface area (Å²) in [7, 11) is 0. The highest BCUT2D eigenvalue weighted by Crippen LogP contribution is 2.31. The molecule has 0 radical (unpaired) electrons. The van der Waals surface area contributed by atoms with Crippen LogP contribution in [0.25, 0.3) is 0 Å². The lowest BCUT2D eigenvalue weighted by atomic mass is 10.2. The minimum Gasteiger partial charge on any atom is -0.384 e. The molecule has 3 N–H and O–H groups in total. The molecule has 0 aliphatic heterocycles. The number of hydrogen-bond donors (Lipinski definition) is 2. The molecule has 0 aliphatic rings. The SMILES string of the molecule is N=C(N)c1cc(F)ccc1Sc1cccc(F)c1. The van der Waals surface area contributed by atoms with Gasteiger partial charge in [-0.25, -0.2) is 8.78 Å². The molecule has 0 unspecified atom stereocenters. The molecular formula is C13H10F2N2S. The molecule has 18 heavy (non-hydrogen) atoms. The second kappa shape index (κ2) is 5.18. The second-order valence-corrected chi connectivity index (χ2v) is 4.73. The maximum atomic E-state index is 13.1. The van der Waals surface area contributed by atoms with Gasteiger partial charge in [0.15, 0.2) is 0 Å². The van der Waals surface area contributed by atoms with Crippen molar-refractivity contribution in [2.24, 2.45) is 5.73 Å². The first kappa shape index (κ1) is 12.6. The average Bonchev–Trinajstić information content (AvgIpc) is 2.31. The van der Waals surface area contributed by atoms with E-state index in [1.54, 1.807) is 12.1 Å². The summed E-state index contributed by atoms with van der Waals surface area (Å²) in [6, 6.07) is 10.1. The van der Waals surface area contributed by atoms with Crippen LogP contribution in [0.15, 0.2) is 52.3 Å². The van der Waals surface area contributed by atoms with Crippen molar-refractivity contribution in [1.29, 1.82) is 5.41 Å². The van der Waals surface area contributed by atoms with E-state index in [9.17, 15) is 8.78 Å². The molecule has 0 bridgehead atoms. The van der Waals surface area contributed by atoms with Crippen LogP contribution in [0.4, 0.5) is 8.78 Å². The molecule has 5 heteroatoms.